The molecule has 0 radical (unpaired) electrons. The lowest BCUT2D eigenvalue weighted by Crippen LogP contribution is -2.25. The van der Waals surface area contributed by atoms with Crippen molar-refractivity contribution in [3.8, 4) is 17.6 Å². The van der Waals surface area contributed by atoms with Crippen LogP contribution < -0.4 is 10.1 Å². The molecule has 130 valence electrons. The van der Waals surface area contributed by atoms with E-state index in [4.69, 9.17) is 4.74 Å². The van der Waals surface area contributed by atoms with Crippen LogP contribution in [0.25, 0.3) is 0 Å². The van der Waals surface area contributed by atoms with Gasteiger partial charge in [-0.1, -0.05) is 30.0 Å². The minimum absolute atomic E-state index is 0.0958. The van der Waals surface area contributed by atoms with E-state index in [1.165, 1.54) is 12.1 Å². The summed E-state index contributed by atoms with van der Waals surface area (Å²) in [6.07, 6.45) is -0.0958. The Balaban J connectivity index is 1.78. The maximum Gasteiger partial charge on any atom is 0.221 e. The fraction of sp³-hybridized carbons (Fsp3) is 0.211. The molecule has 0 bridgehead atoms. The monoisotopic (exact) mass is 357 g/mol. The third-order valence-corrected chi connectivity index (χ3v) is 5.13. The van der Waals surface area contributed by atoms with Gasteiger partial charge in [-0.2, -0.15) is 0 Å². The van der Waals surface area contributed by atoms with Crippen LogP contribution in [-0.4, -0.2) is 33.7 Å². The predicted octanol–water partition coefficient (Wildman–Crippen LogP) is 2.03. The van der Waals surface area contributed by atoms with Gasteiger partial charge in [0.1, 0.15) is 5.75 Å². The molecular weight excluding hydrogens is 338 g/mol. The summed E-state index contributed by atoms with van der Waals surface area (Å²) in [5, 5.41) is 2.60. The molecule has 0 spiro atoms. The van der Waals surface area contributed by atoms with E-state index in [-0.39, 0.29) is 29.5 Å². The number of sulfone groups is 1. The van der Waals surface area contributed by atoms with Gasteiger partial charge in [0.25, 0.3) is 0 Å². The van der Waals surface area contributed by atoms with Crippen LogP contribution in [0, 0.1) is 11.8 Å². The van der Waals surface area contributed by atoms with Gasteiger partial charge in [0.15, 0.2) is 9.84 Å². The summed E-state index contributed by atoms with van der Waals surface area (Å²) in [7, 11) is -1.85. The zero-order valence-corrected chi connectivity index (χ0v) is 14.7. The molecule has 0 aliphatic rings. The molecule has 0 heterocycles. The van der Waals surface area contributed by atoms with Gasteiger partial charge in [0.2, 0.25) is 5.91 Å². The number of hydrogen-bond donors (Lipinski definition) is 1. The van der Waals surface area contributed by atoms with Crippen LogP contribution in [-0.2, 0) is 14.6 Å². The van der Waals surface area contributed by atoms with Crippen LogP contribution in [0.3, 0.4) is 0 Å². The summed E-state index contributed by atoms with van der Waals surface area (Å²) in [6.45, 7) is 0.163. The molecule has 1 amide bonds. The zero-order valence-electron chi connectivity index (χ0n) is 13.9. The van der Waals surface area contributed by atoms with Gasteiger partial charge in [-0.05, 0) is 36.4 Å². The second-order valence-corrected chi connectivity index (χ2v) is 7.30. The lowest BCUT2D eigenvalue weighted by Gasteiger charge is -2.04. The van der Waals surface area contributed by atoms with E-state index in [9.17, 15) is 13.2 Å². The lowest BCUT2D eigenvalue weighted by molar-refractivity contribution is -0.120. The third kappa shape index (κ3) is 5.98. The summed E-state index contributed by atoms with van der Waals surface area (Å²) >= 11 is 0. The Bertz CT molecular complexity index is 863. The maximum atomic E-state index is 12.1. The first kappa shape index (κ1) is 18.6. The van der Waals surface area contributed by atoms with Gasteiger partial charge < -0.3 is 10.1 Å². The first-order valence-electron chi connectivity index (χ1n) is 7.69. The van der Waals surface area contributed by atoms with E-state index < -0.39 is 9.84 Å². The van der Waals surface area contributed by atoms with Crippen molar-refractivity contribution in [2.75, 3.05) is 19.4 Å². The Labute approximate surface area is 147 Å². The van der Waals surface area contributed by atoms with E-state index in [0.29, 0.717) is 0 Å². The Kier molecular flexibility index (Phi) is 6.61. The van der Waals surface area contributed by atoms with Crippen LogP contribution >= 0.6 is 0 Å². The van der Waals surface area contributed by atoms with Crippen molar-refractivity contribution in [3.05, 3.63) is 60.2 Å². The molecule has 0 aliphatic heterocycles. The normalized spacial score (nSPS) is 10.4. The van der Waals surface area contributed by atoms with Crippen molar-refractivity contribution in [2.24, 2.45) is 0 Å². The molecule has 2 rings (SSSR count). The second kappa shape index (κ2) is 8.90. The van der Waals surface area contributed by atoms with Gasteiger partial charge in [-0.25, -0.2) is 8.42 Å². The molecular formula is C19H19NO4S. The average Bonchev–Trinajstić information content (AvgIpc) is 2.65. The van der Waals surface area contributed by atoms with Crippen molar-refractivity contribution in [1.29, 1.82) is 0 Å². The third-order valence-electron chi connectivity index (χ3n) is 3.40. The highest BCUT2D eigenvalue weighted by Gasteiger charge is 2.15. The fourth-order valence-corrected chi connectivity index (χ4v) is 3.29. The molecule has 0 saturated heterocycles. The molecule has 0 aromatic heterocycles. The van der Waals surface area contributed by atoms with Gasteiger partial charge >= 0.3 is 0 Å². The minimum atomic E-state index is -3.44. The van der Waals surface area contributed by atoms with Gasteiger partial charge in [-0.3, -0.25) is 4.79 Å². The topological polar surface area (TPSA) is 72.5 Å². The molecule has 25 heavy (non-hydrogen) atoms. The van der Waals surface area contributed by atoms with Crippen LogP contribution in [0.2, 0.25) is 0 Å². The van der Waals surface area contributed by atoms with E-state index in [2.05, 4.69) is 17.2 Å². The predicted molar refractivity (Wildman–Crippen MR) is 96.0 cm³/mol. The molecule has 6 heteroatoms. The standard InChI is InChI=1S/C19H19NO4S/c1-24-17-11-9-16(10-12-17)6-5-14-20-19(21)13-15-25(22,23)18-7-3-2-4-8-18/h2-4,7-12H,13-15H2,1H3,(H,20,21). The van der Waals surface area contributed by atoms with E-state index in [1.54, 1.807) is 37.4 Å². The van der Waals surface area contributed by atoms with Crippen LogP contribution in [0.1, 0.15) is 12.0 Å². The van der Waals surface area contributed by atoms with Crippen molar-refractivity contribution in [2.45, 2.75) is 11.3 Å². The van der Waals surface area contributed by atoms with E-state index in [1.807, 2.05) is 12.1 Å². The van der Waals surface area contributed by atoms with Gasteiger partial charge in [0.05, 0.1) is 24.3 Å². The zero-order chi connectivity index (χ0) is 18.1. The van der Waals surface area contributed by atoms with Crippen molar-refractivity contribution in [1.82, 2.24) is 5.32 Å². The molecule has 2 aromatic carbocycles. The molecule has 0 atom stereocenters. The molecule has 0 saturated carbocycles. The Morgan fingerprint density at radius 1 is 1.08 bits per heavy atom. The summed E-state index contributed by atoms with van der Waals surface area (Å²) in [4.78, 5) is 12.0. The molecule has 1 N–H and O–H groups in total. The Morgan fingerprint density at radius 2 is 1.76 bits per heavy atom. The first-order chi connectivity index (χ1) is 12.0. The number of benzene rings is 2. The van der Waals surface area contributed by atoms with E-state index in [0.717, 1.165) is 11.3 Å². The minimum Gasteiger partial charge on any atom is -0.497 e. The lowest BCUT2D eigenvalue weighted by atomic mass is 10.2. The number of amides is 1. The van der Waals surface area contributed by atoms with Crippen molar-refractivity contribution >= 4 is 15.7 Å². The number of carbonyl (C=O) groups is 1. The molecule has 0 aliphatic carbocycles. The van der Waals surface area contributed by atoms with Gasteiger partial charge in [-0.15, -0.1) is 0 Å². The molecule has 0 unspecified atom stereocenters. The van der Waals surface area contributed by atoms with Gasteiger partial charge in [0, 0.05) is 12.0 Å². The van der Waals surface area contributed by atoms with E-state index >= 15 is 0 Å². The SMILES string of the molecule is COc1ccc(C#CCNC(=O)CCS(=O)(=O)c2ccccc2)cc1. The number of methoxy groups -OCH3 is 1. The number of rotatable bonds is 6. The number of ether oxygens (including phenoxy) is 1. The largest absolute Gasteiger partial charge is 0.497 e. The van der Waals surface area contributed by atoms with Crippen LogP contribution in [0.15, 0.2) is 59.5 Å². The Hall–Kier alpha value is -2.78. The number of nitrogens with one attached hydrogen (secondary N) is 1. The summed E-state index contributed by atoms with van der Waals surface area (Å²) in [5.41, 5.74) is 0.807. The summed E-state index contributed by atoms with van der Waals surface area (Å²) in [5.74, 6) is 5.91. The van der Waals surface area contributed by atoms with Crippen molar-refractivity contribution < 1.29 is 17.9 Å². The smallest absolute Gasteiger partial charge is 0.221 e. The maximum absolute atomic E-state index is 12.1. The average molecular weight is 357 g/mol. The van der Waals surface area contributed by atoms with Crippen molar-refractivity contribution in [3.63, 3.8) is 0 Å². The summed E-state index contributed by atoms with van der Waals surface area (Å²) < 4.78 is 29.2. The number of carbonyl (C=O) groups excluding carboxylic acids is 1. The highest BCUT2D eigenvalue weighted by atomic mass is 32.2. The van der Waals surface area contributed by atoms with Crippen LogP contribution in [0.5, 0.6) is 5.75 Å². The Morgan fingerprint density at radius 3 is 2.40 bits per heavy atom. The summed E-state index contributed by atoms with van der Waals surface area (Å²) in [6, 6.07) is 15.3. The molecule has 2 aromatic rings. The second-order valence-electron chi connectivity index (χ2n) is 5.19. The molecule has 5 nitrogen and oxygen atoms in total. The van der Waals surface area contributed by atoms with Crippen LogP contribution in [0.4, 0.5) is 0 Å². The highest BCUT2D eigenvalue weighted by molar-refractivity contribution is 7.91. The molecule has 0 fully saturated rings. The quantitative estimate of drug-likeness (QED) is 0.803. The number of hydrogen-bond acceptors (Lipinski definition) is 4. The first-order valence-corrected chi connectivity index (χ1v) is 9.34. The fourth-order valence-electron chi connectivity index (χ4n) is 2.02. The highest BCUT2D eigenvalue weighted by Crippen LogP contribution is 2.11.